The number of aromatic nitrogens is 1. The highest BCUT2D eigenvalue weighted by Gasteiger charge is 2.30. The van der Waals surface area contributed by atoms with Crippen LogP contribution in [0, 0.1) is 0 Å². The van der Waals surface area contributed by atoms with Crippen molar-refractivity contribution in [1.29, 1.82) is 0 Å². The fourth-order valence-corrected chi connectivity index (χ4v) is 3.63. The summed E-state index contributed by atoms with van der Waals surface area (Å²) < 4.78 is 44.2. The molecule has 0 unspecified atom stereocenters. The van der Waals surface area contributed by atoms with Gasteiger partial charge >= 0.3 is 6.18 Å². The Morgan fingerprint density at radius 2 is 1.75 bits per heavy atom. The molecule has 1 fully saturated rings. The molecule has 36 heavy (non-hydrogen) atoms. The van der Waals surface area contributed by atoms with Gasteiger partial charge in [-0.3, -0.25) is 9.59 Å². The molecule has 186 valence electrons. The minimum absolute atomic E-state index is 0.113. The largest absolute Gasteiger partial charge is 0.416 e. The van der Waals surface area contributed by atoms with Crippen molar-refractivity contribution < 1.29 is 27.5 Å². The van der Waals surface area contributed by atoms with Gasteiger partial charge < -0.3 is 20.3 Å². The first-order chi connectivity index (χ1) is 17.3. The fraction of sp³-hybridized carbons (Fsp3) is 0.192. The van der Waals surface area contributed by atoms with Gasteiger partial charge in [0.1, 0.15) is 0 Å². The van der Waals surface area contributed by atoms with Crippen molar-refractivity contribution in [3.8, 4) is 0 Å². The van der Waals surface area contributed by atoms with Crippen LogP contribution >= 0.6 is 0 Å². The molecule has 2 amide bonds. The molecule has 2 aromatic carbocycles. The van der Waals surface area contributed by atoms with Crippen LogP contribution in [0.5, 0.6) is 0 Å². The molecule has 0 spiro atoms. The van der Waals surface area contributed by atoms with Crippen LogP contribution in [0.15, 0.2) is 72.9 Å². The van der Waals surface area contributed by atoms with Crippen molar-refractivity contribution >= 4 is 35.1 Å². The topological polar surface area (TPSA) is 83.6 Å². The maximum atomic E-state index is 12.9. The summed E-state index contributed by atoms with van der Waals surface area (Å²) in [6, 6.07) is 14.3. The first-order valence-electron chi connectivity index (χ1n) is 11.1. The number of rotatable bonds is 6. The molecular weight excluding hydrogens is 473 g/mol. The molecule has 0 aliphatic carbocycles. The van der Waals surface area contributed by atoms with E-state index in [9.17, 15) is 22.8 Å². The summed E-state index contributed by atoms with van der Waals surface area (Å²) in [6.07, 6.45) is 0.0413. The number of ether oxygens (including phenoxy) is 1. The highest BCUT2D eigenvalue weighted by molar-refractivity contribution is 6.05. The lowest BCUT2D eigenvalue weighted by molar-refractivity contribution is -0.137. The number of nitrogens with one attached hydrogen (secondary N) is 2. The van der Waals surface area contributed by atoms with E-state index in [4.69, 9.17) is 4.74 Å². The predicted molar refractivity (Wildman–Crippen MR) is 131 cm³/mol. The summed E-state index contributed by atoms with van der Waals surface area (Å²) in [4.78, 5) is 31.4. The zero-order valence-corrected chi connectivity index (χ0v) is 19.1. The standard InChI is InChI=1S/C26H23F3N4O3/c27-26(28,29)20-6-2-5-19(17-20)25(35)31-21-7-1-4-18(16-21)9-10-23(34)32-22-8-3-11-30-24(22)33-12-14-36-15-13-33/h1-11,16-17H,12-15H2,(H,31,35)(H,32,34)/b10-9+. The van der Waals surface area contributed by atoms with Crippen LogP contribution in [0.2, 0.25) is 0 Å². The molecule has 0 radical (unpaired) electrons. The third kappa shape index (κ3) is 6.48. The SMILES string of the molecule is O=C(/C=C/c1cccc(NC(=O)c2cccc(C(F)(F)F)c2)c1)Nc1cccnc1N1CCOCC1. The number of halogens is 3. The van der Waals surface area contributed by atoms with Crippen LogP contribution < -0.4 is 15.5 Å². The van der Waals surface area contributed by atoms with Crippen LogP contribution in [-0.2, 0) is 15.7 Å². The zero-order chi connectivity index (χ0) is 25.5. The van der Waals surface area contributed by atoms with E-state index in [-0.39, 0.29) is 11.5 Å². The van der Waals surface area contributed by atoms with Crippen LogP contribution in [0.3, 0.4) is 0 Å². The van der Waals surface area contributed by atoms with Crippen LogP contribution in [0.4, 0.5) is 30.4 Å². The third-order valence-electron chi connectivity index (χ3n) is 5.38. The van der Waals surface area contributed by atoms with Crippen molar-refractivity contribution in [3.63, 3.8) is 0 Å². The van der Waals surface area contributed by atoms with Crippen molar-refractivity contribution in [2.45, 2.75) is 6.18 Å². The number of morpholine rings is 1. The number of carbonyl (C=O) groups excluding carboxylic acids is 2. The summed E-state index contributed by atoms with van der Waals surface area (Å²) in [6.45, 7) is 2.53. The number of nitrogens with zero attached hydrogens (tertiary/aromatic N) is 2. The minimum Gasteiger partial charge on any atom is -0.378 e. The number of alkyl halides is 3. The van der Waals surface area contributed by atoms with Gasteiger partial charge in [0.25, 0.3) is 5.91 Å². The molecular formula is C26H23F3N4O3. The molecule has 1 saturated heterocycles. The molecule has 0 atom stereocenters. The highest BCUT2D eigenvalue weighted by atomic mass is 19.4. The van der Waals surface area contributed by atoms with Crippen LogP contribution in [0.25, 0.3) is 6.08 Å². The monoisotopic (exact) mass is 496 g/mol. The quantitative estimate of drug-likeness (QED) is 0.477. The molecule has 7 nitrogen and oxygen atoms in total. The second kappa shape index (κ2) is 11.0. The Morgan fingerprint density at radius 1 is 0.972 bits per heavy atom. The van der Waals surface area contributed by atoms with Crippen LogP contribution in [-0.4, -0.2) is 43.1 Å². The van der Waals surface area contributed by atoms with Gasteiger partial charge in [-0.1, -0.05) is 18.2 Å². The molecule has 2 N–H and O–H groups in total. The van der Waals surface area contributed by atoms with Crippen molar-refractivity contribution in [3.05, 3.63) is 89.6 Å². The van der Waals surface area contributed by atoms with Gasteiger partial charge in [0.15, 0.2) is 5.82 Å². The molecule has 4 rings (SSSR count). The Morgan fingerprint density at radius 3 is 2.53 bits per heavy atom. The van der Waals surface area contributed by atoms with E-state index < -0.39 is 17.6 Å². The Balaban J connectivity index is 1.41. The summed E-state index contributed by atoms with van der Waals surface area (Å²) in [7, 11) is 0. The second-order valence-corrected chi connectivity index (χ2v) is 7.95. The molecule has 1 aromatic heterocycles. The van der Waals surface area contributed by atoms with Gasteiger partial charge in [0, 0.05) is 36.6 Å². The smallest absolute Gasteiger partial charge is 0.378 e. The van der Waals surface area contributed by atoms with E-state index in [2.05, 4.69) is 15.6 Å². The molecule has 0 saturated carbocycles. The Bertz CT molecular complexity index is 1270. The first kappa shape index (κ1) is 24.9. The maximum Gasteiger partial charge on any atom is 0.416 e. The Kier molecular flexibility index (Phi) is 7.65. The lowest BCUT2D eigenvalue weighted by Gasteiger charge is -2.29. The third-order valence-corrected chi connectivity index (χ3v) is 5.38. The van der Waals surface area contributed by atoms with E-state index in [1.54, 1.807) is 48.7 Å². The Labute approximate surface area is 205 Å². The molecule has 2 heterocycles. The molecule has 0 bridgehead atoms. The van der Waals surface area contributed by atoms with Gasteiger partial charge in [0.05, 0.1) is 24.5 Å². The number of hydrogen-bond donors (Lipinski definition) is 2. The molecule has 3 aromatic rings. The molecule has 1 aliphatic rings. The highest BCUT2D eigenvalue weighted by Crippen LogP contribution is 2.30. The van der Waals surface area contributed by atoms with E-state index >= 15 is 0 Å². The maximum absolute atomic E-state index is 12.9. The summed E-state index contributed by atoms with van der Waals surface area (Å²) in [5.41, 5.74) is 0.561. The van der Waals surface area contributed by atoms with E-state index in [1.807, 2.05) is 4.90 Å². The van der Waals surface area contributed by atoms with E-state index in [1.165, 1.54) is 18.2 Å². The van der Waals surface area contributed by atoms with Gasteiger partial charge in [-0.15, -0.1) is 0 Å². The second-order valence-electron chi connectivity index (χ2n) is 7.95. The zero-order valence-electron chi connectivity index (χ0n) is 19.1. The lowest BCUT2D eigenvalue weighted by Crippen LogP contribution is -2.37. The van der Waals surface area contributed by atoms with Crippen molar-refractivity contribution in [1.82, 2.24) is 4.98 Å². The van der Waals surface area contributed by atoms with Crippen molar-refractivity contribution in [2.75, 3.05) is 41.8 Å². The van der Waals surface area contributed by atoms with Gasteiger partial charge in [0.2, 0.25) is 5.91 Å². The number of hydrogen-bond acceptors (Lipinski definition) is 5. The summed E-state index contributed by atoms with van der Waals surface area (Å²) in [5, 5.41) is 5.42. The number of carbonyl (C=O) groups is 2. The number of pyridine rings is 1. The minimum atomic E-state index is -4.54. The first-order valence-corrected chi connectivity index (χ1v) is 11.1. The molecule has 1 aliphatic heterocycles. The number of amides is 2. The average molecular weight is 496 g/mol. The van der Waals surface area contributed by atoms with Gasteiger partial charge in [-0.05, 0) is 54.1 Å². The summed E-state index contributed by atoms with van der Waals surface area (Å²) in [5.74, 6) is -0.370. The predicted octanol–water partition coefficient (Wildman–Crippen LogP) is 4.84. The number of anilines is 3. The fourth-order valence-electron chi connectivity index (χ4n) is 3.63. The number of benzene rings is 2. The normalized spacial score (nSPS) is 14.0. The average Bonchev–Trinajstić information content (AvgIpc) is 2.88. The van der Waals surface area contributed by atoms with E-state index in [0.717, 1.165) is 12.1 Å². The lowest BCUT2D eigenvalue weighted by atomic mass is 10.1. The van der Waals surface area contributed by atoms with Crippen molar-refractivity contribution in [2.24, 2.45) is 0 Å². The molecule has 10 heteroatoms. The summed E-state index contributed by atoms with van der Waals surface area (Å²) >= 11 is 0. The van der Waals surface area contributed by atoms with Gasteiger partial charge in [-0.2, -0.15) is 13.2 Å². The van der Waals surface area contributed by atoms with Gasteiger partial charge in [-0.25, -0.2) is 4.98 Å². The van der Waals surface area contributed by atoms with Crippen LogP contribution in [0.1, 0.15) is 21.5 Å². The Hall–Kier alpha value is -4.18. The van der Waals surface area contributed by atoms with E-state index in [0.29, 0.717) is 49.1 Å².